The van der Waals surface area contributed by atoms with Crippen LogP contribution in [0.2, 0.25) is 19.6 Å². The van der Waals surface area contributed by atoms with Gasteiger partial charge in [-0.3, -0.25) is 0 Å². The molecule has 0 bridgehead atoms. The fraction of sp³-hybridized carbons (Fsp3) is 0.714. The Balaban J connectivity index is 1.82. The highest BCUT2D eigenvalue weighted by Gasteiger charge is 2.66. The summed E-state index contributed by atoms with van der Waals surface area (Å²) in [6.07, 6.45) is 1.97. The molecule has 1 aliphatic heterocycles. The molecule has 0 unspecified atom stereocenters. The summed E-state index contributed by atoms with van der Waals surface area (Å²) in [7, 11) is -1.68. The van der Waals surface area contributed by atoms with Crippen LogP contribution >= 0.6 is 23.5 Å². The van der Waals surface area contributed by atoms with Crippen molar-refractivity contribution in [2.75, 3.05) is 11.5 Å². The van der Waals surface area contributed by atoms with Gasteiger partial charge in [-0.25, -0.2) is 0 Å². The Morgan fingerprint density at radius 3 is 2.41 bits per heavy atom. The molecule has 27 heavy (non-hydrogen) atoms. The monoisotopic (exact) mass is 426 g/mol. The van der Waals surface area contributed by atoms with Crippen molar-refractivity contribution in [2.45, 2.75) is 74.8 Å². The fourth-order valence-electron chi connectivity index (χ4n) is 4.36. The summed E-state index contributed by atoms with van der Waals surface area (Å²) in [6.45, 7) is 11.5. The van der Waals surface area contributed by atoms with E-state index in [2.05, 4.69) is 38.7 Å². The van der Waals surface area contributed by atoms with Gasteiger partial charge in [0.15, 0.2) is 8.32 Å². The van der Waals surface area contributed by atoms with Gasteiger partial charge in [-0.15, -0.1) is 23.5 Å². The molecule has 3 rings (SSSR count). The van der Waals surface area contributed by atoms with Gasteiger partial charge < -0.3 is 14.3 Å². The zero-order chi connectivity index (χ0) is 19.7. The summed E-state index contributed by atoms with van der Waals surface area (Å²) in [5, 5.41) is 12.1. The maximum atomic E-state index is 12.1. The molecule has 1 heterocycles. The van der Waals surface area contributed by atoms with Crippen LogP contribution in [0.3, 0.4) is 0 Å². The van der Waals surface area contributed by atoms with E-state index in [1.165, 1.54) is 6.42 Å². The van der Waals surface area contributed by atoms with Gasteiger partial charge in [0.1, 0.15) is 5.60 Å². The van der Waals surface area contributed by atoms with E-state index in [9.17, 15) is 5.11 Å². The summed E-state index contributed by atoms with van der Waals surface area (Å²) in [5.74, 6) is 2.26. The number of rotatable bonds is 6. The van der Waals surface area contributed by atoms with Gasteiger partial charge in [0.25, 0.3) is 0 Å². The van der Waals surface area contributed by atoms with Gasteiger partial charge in [-0.1, -0.05) is 37.3 Å². The average Bonchev–Trinajstić information content (AvgIpc) is 2.82. The smallest absolute Gasteiger partial charge is 0.184 e. The third-order valence-electron chi connectivity index (χ3n) is 5.76. The Bertz CT molecular complexity index is 616. The summed E-state index contributed by atoms with van der Waals surface area (Å²) in [5.41, 5.74) is 0.244. The Labute approximate surface area is 174 Å². The summed E-state index contributed by atoms with van der Waals surface area (Å²) < 4.78 is 12.6. The number of thioether (sulfide) groups is 2. The number of benzene rings is 1. The van der Waals surface area contributed by atoms with Crippen molar-refractivity contribution < 1.29 is 14.3 Å². The van der Waals surface area contributed by atoms with Gasteiger partial charge in [-0.05, 0) is 56.5 Å². The predicted molar refractivity (Wildman–Crippen MR) is 120 cm³/mol. The molecular weight excluding hydrogens is 392 g/mol. The maximum Gasteiger partial charge on any atom is 0.184 e. The minimum absolute atomic E-state index is 0.0492. The van der Waals surface area contributed by atoms with Crippen LogP contribution in [0, 0.1) is 5.92 Å². The Hall–Kier alpha value is 0.0169. The molecule has 1 aromatic carbocycles. The Morgan fingerprint density at radius 1 is 1.19 bits per heavy atom. The van der Waals surface area contributed by atoms with Gasteiger partial charge >= 0.3 is 0 Å². The molecule has 6 heteroatoms. The lowest BCUT2D eigenvalue weighted by Crippen LogP contribution is -2.58. The molecular formula is C21H34O3S2Si. The number of hydrogen-bond donors (Lipinski definition) is 1. The third-order valence-corrected chi connectivity index (χ3v) is 10.4. The van der Waals surface area contributed by atoms with Crippen LogP contribution in [-0.4, -0.2) is 46.8 Å². The van der Waals surface area contributed by atoms with Crippen LogP contribution < -0.4 is 0 Å². The van der Waals surface area contributed by atoms with Crippen LogP contribution in [0.1, 0.15) is 32.3 Å². The maximum absolute atomic E-state index is 12.1. The summed E-state index contributed by atoms with van der Waals surface area (Å²) >= 11 is 3.86. The number of ether oxygens (including phenoxy) is 1. The molecule has 1 saturated carbocycles. The molecule has 3 nitrogen and oxygen atoms in total. The molecule has 1 aromatic rings. The highest BCUT2D eigenvalue weighted by molar-refractivity contribution is 8.18. The van der Waals surface area contributed by atoms with E-state index in [1.807, 2.05) is 48.6 Å². The van der Waals surface area contributed by atoms with Crippen LogP contribution in [0.15, 0.2) is 30.3 Å². The first-order valence-electron chi connectivity index (χ1n) is 10.0. The highest BCUT2D eigenvalue weighted by Crippen LogP contribution is 2.62. The molecule has 1 saturated heterocycles. The van der Waals surface area contributed by atoms with Crippen LogP contribution in [0.5, 0.6) is 0 Å². The summed E-state index contributed by atoms with van der Waals surface area (Å²) in [4.78, 5) is 0. The lowest BCUT2D eigenvalue weighted by Gasteiger charge is -2.48. The van der Waals surface area contributed by atoms with Crippen molar-refractivity contribution in [2.24, 2.45) is 5.92 Å². The average molecular weight is 427 g/mol. The van der Waals surface area contributed by atoms with E-state index in [0.717, 1.165) is 23.5 Å². The largest absolute Gasteiger partial charge is 0.414 e. The molecule has 1 spiro atoms. The standard InChI is InChI=1S/C21H34O3S2Si/c1-16-19(24-27(3,4)5)14-20(25-12-9-13-26-20)21(16,22)17(2)23-15-18-10-7-6-8-11-18/h6-8,10-11,16-17,19,22H,9,12-15H2,1-5H3/t16-,17+,19+,21+/m0/s1. The molecule has 1 N–H and O–H groups in total. The van der Waals surface area contributed by atoms with Crippen molar-refractivity contribution in [1.29, 1.82) is 0 Å². The van der Waals surface area contributed by atoms with E-state index in [4.69, 9.17) is 9.16 Å². The second-order valence-electron chi connectivity index (χ2n) is 8.83. The number of hydrogen-bond acceptors (Lipinski definition) is 5. The second kappa shape index (κ2) is 8.40. The minimum Gasteiger partial charge on any atom is -0.414 e. The minimum atomic E-state index is -1.68. The molecule has 152 valence electrons. The first-order chi connectivity index (χ1) is 12.7. The van der Waals surface area contributed by atoms with Crippen molar-refractivity contribution in [1.82, 2.24) is 0 Å². The number of aliphatic hydroxyl groups is 1. The van der Waals surface area contributed by atoms with E-state index in [0.29, 0.717) is 6.61 Å². The fourth-order valence-corrected chi connectivity index (χ4v) is 9.54. The second-order valence-corrected chi connectivity index (χ2v) is 16.3. The molecule has 4 atom stereocenters. The molecule has 0 radical (unpaired) electrons. The van der Waals surface area contributed by atoms with Gasteiger partial charge in [0.05, 0.1) is 22.9 Å². The first kappa shape index (κ1) is 21.7. The van der Waals surface area contributed by atoms with Crippen molar-refractivity contribution in [3.63, 3.8) is 0 Å². The Morgan fingerprint density at radius 2 is 1.81 bits per heavy atom. The van der Waals surface area contributed by atoms with Gasteiger partial charge in [0.2, 0.25) is 0 Å². The lowest BCUT2D eigenvalue weighted by molar-refractivity contribution is -0.132. The molecule has 0 amide bonds. The zero-order valence-electron chi connectivity index (χ0n) is 17.2. The Kier molecular flexibility index (Phi) is 6.76. The quantitative estimate of drug-likeness (QED) is 0.637. The van der Waals surface area contributed by atoms with Crippen molar-refractivity contribution in [3.05, 3.63) is 35.9 Å². The first-order valence-corrected chi connectivity index (χ1v) is 15.4. The van der Waals surface area contributed by atoms with Crippen LogP contribution in [0.25, 0.3) is 0 Å². The SMILES string of the molecule is C[C@@H](OCc1ccccc1)[C@]1(O)[C@@H](C)[C@H](O[Si](C)(C)C)CC12SCCCS2. The van der Waals surface area contributed by atoms with Crippen LogP contribution in [0.4, 0.5) is 0 Å². The van der Waals surface area contributed by atoms with Crippen LogP contribution in [-0.2, 0) is 15.8 Å². The van der Waals surface area contributed by atoms with Gasteiger partial charge in [-0.2, -0.15) is 0 Å². The lowest BCUT2D eigenvalue weighted by atomic mass is 9.86. The van der Waals surface area contributed by atoms with E-state index >= 15 is 0 Å². The van der Waals surface area contributed by atoms with E-state index < -0.39 is 13.9 Å². The van der Waals surface area contributed by atoms with Crippen molar-refractivity contribution in [3.8, 4) is 0 Å². The van der Waals surface area contributed by atoms with E-state index in [-0.39, 0.29) is 22.2 Å². The van der Waals surface area contributed by atoms with Gasteiger partial charge in [0, 0.05) is 5.92 Å². The molecule has 0 aromatic heterocycles. The zero-order valence-corrected chi connectivity index (χ0v) is 19.9. The summed E-state index contributed by atoms with van der Waals surface area (Å²) in [6, 6.07) is 10.2. The predicted octanol–water partition coefficient (Wildman–Crippen LogP) is 5.15. The topological polar surface area (TPSA) is 38.7 Å². The van der Waals surface area contributed by atoms with E-state index in [1.54, 1.807) is 0 Å². The highest BCUT2D eigenvalue weighted by atomic mass is 32.2. The molecule has 1 aliphatic carbocycles. The van der Waals surface area contributed by atoms with Crippen molar-refractivity contribution >= 4 is 31.8 Å². The third kappa shape index (κ3) is 4.46. The molecule has 2 fully saturated rings. The molecule has 2 aliphatic rings. The normalized spacial score (nSPS) is 31.9.